The van der Waals surface area contributed by atoms with Gasteiger partial charge in [0.1, 0.15) is 16.8 Å². The maximum atomic E-state index is 13.4. The quantitative estimate of drug-likeness (QED) is 0.415. The molecule has 1 aliphatic carbocycles. The molecule has 0 saturated heterocycles. The van der Waals surface area contributed by atoms with E-state index in [1.165, 1.54) is 16.2 Å². The van der Waals surface area contributed by atoms with Gasteiger partial charge in [-0.15, -0.1) is 11.3 Å². The number of thiophene rings is 1. The summed E-state index contributed by atoms with van der Waals surface area (Å²) in [5, 5.41) is 14.1. The Kier molecular flexibility index (Phi) is 5.34. The second-order valence-electron chi connectivity index (χ2n) is 7.66. The fourth-order valence-corrected chi connectivity index (χ4v) is 5.44. The van der Waals surface area contributed by atoms with Crippen LogP contribution in [0.15, 0.2) is 54.6 Å². The number of fused-ring (bicyclic) bond motifs is 2. The molecule has 1 aliphatic rings. The van der Waals surface area contributed by atoms with Crippen molar-refractivity contribution in [1.29, 1.82) is 5.26 Å². The molecule has 2 aromatic heterocycles. The van der Waals surface area contributed by atoms with Crippen molar-refractivity contribution in [3.63, 3.8) is 0 Å². The summed E-state index contributed by atoms with van der Waals surface area (Å²) in [6.45, 7) is 2.52. The molecule has 158 valence electrons. The largest absolute Gasteiger partial charge is 0.494 e. The van der Waals surface area contributed by atoms with Gasteiger partial charge < -0.3 is 10.1 Å². The molecule has 1 amide bonds. The maximum absolute atomic E-state index is 13.4. The lowest BCUT2D eigenvalue weighted by molar-refractivity contribution is 0.102. The molecule has 6 heteroatoms. The lowest BCUT2D eigenvalue weighted by Gasteiger charge is -2.11. The summed E-state index contributed by atoms with van der Waals surface area (Å²) in [6.07, 6.45) is 2.95. The minimum Gasteiger partial charge on any atom is -0.494 e. The van der Waals surface area contributed by atoms with Crippen molar-refractivity contribution in [2.45, 2.75) is 26.2 Å². The van der Waals surface area contributed by atoms with Crippen LogP contribution in [0.5, 0.6) is 5.75 Å². The van der Waals surface area contributed by atoms with E-state index in [-0.39, 0.29) is 5.91 Å². The van der Waals surface area contributed by atoms with Crippen molar-refractivity contribution in [1.82, 2.24) is 4.98 Å². The van der Waals surface area contributed by atoms with Crippen LogP contribution in [0.1, 0.15) is 39.7 Å². The smallest absolute Gasteiger partial charge is 0.257 e. The first kappa shape index (κ1) is 20.2. The number of nitrogens with one attached hydrogen (secondary N) is 1. The first-order valence-electron chi connectivity index (χ1n) is 10.7. The molecule has 0 saturated carbocycles. The maximum Gasteiger partial charge on any atom is 0.257 e. The van der Waals surface area contributed by atoms with E-state index in [4.69, 9.17) is 9.72 Å². The van der Waals surface area contributed by atoms with Gasteiger partial charge in [0, 0.05) is 15.8 Å². The third-order valence-corrected chi connectivity index (χ3v) is 6.87. The summed E-state index contributed by atoms with van der Waals surface area (Å²) >= 11 is 1.52. The second-order valence-corrected chi connectivity index (χ2v) is 8.77. The third-order valence-electron chi connectivity index (χ3n) is 5.66. The number of nitrogens with zero attached hydrogens (tertiary/aromatic N) is 2. The number of para-hydroxylation sites is 1. The minimum atomic E-state index is -0.234. The van der Waals surface area contributed by atoms with E-state index in [0.29, 0.717) is 28.4 Å². The number of ether oxygens (including phenoxy) is 1. The monoisotopic (exact) mass is 439 g/mol. The van der Waals surface area contributed by atoms with Crippen LogP contribution in [-0.4, -0.2) is 17.5 Å². The highest BCUT2D eigenvalue weighted by Gasteiger charge is 2.24. The number of anilines is 1. The van der Waals surface area contributed by atoms with Crippen LogP contribution in [-0.2, 0) is 12.8 Å². The predicted octanol–water partition coefficient (Wildman–Crippen LogP) is 5.97. The number of aryl methyl sites for hydroxylation is 1. The average molecular weight is 440 g/mol. The van der Waals surface area contributed by atoms with Crippen molar-refractivity contribution in [3.8, 4) is 23.1 Å². The van der Waals surface area contributed by atoms with Crippen molar-refractivity contribution >= 4 is 33.1 Å². The fraction of sp³-hybridized carbons (Fsp3) is 0.192. The van der Waals surface area contributed by atoms with Crippen LogP contribution in [0.25, 0.3) is 22.2 Å². The Hall–Kier alpha value is -3.69. The Balaban J connectivity index is 1.57. The van der Waals surface area contributed by atoms with Crippen molar-refractivity contribution in [3.05, 3.63) is 76.2 Å². The Morgan fingerprint density at radius 1 is 1.19 bits per heavy atom. The standard InChI is InChI=1S/C26H21N3O2S/c1-2-31-17-8-5-7-16(13-17)23-14-20(18-9-3-4-11-22(18)28-23)25(30)29-26-21(15-27)19-10-6-12-24(19)32-26/h3-5,7-9,11,13-14H,2,6,10,12H2,1H3,(H,29,30). The molecule has 1 N–H and O–H groups in total. The van der Waals surface area contributed by atoms with E-state index in [2.05, 4.69) is 11.4 Å². The van der Waals surface area contributed by atoms with Gasteiger partial charge in [-0.05, 0) is 56.0 Å². The van der Waals surface area contributed by atoms with Gasteiger partial charge in [-0.1, -0.05) is 30.3 Å². The summed E-state index contributed by atoms with van der Waals surface area (Å²) < 4.78 is 5.63. The van der Waals surface area contributed by atoms with Gasteiger partial charge in [-0.25, -0.2) is 4.98 Å². The Bertz CT molecular complexity index is 1380. The molecule has 0 fully saturated rings. The zero-order chi connectivity index (χ0) is 22.1. The number of nitriles is 1. The highest BCUT2D eigenvalue weighted by atomic mass is 32.1. The number of pyridine rings is 1. The van der Waals surface area contributed by atoms with E-state index in [1.54, 1.807) is 0 Å². The lowest BCUT2D eigenvalue weighted by Crippen LogP contribution is -2.13. The van der Waals surface area contributed by atoms with E-state index in [9.17, 15) is 10.1 Å². The molecule has 32 heavy (non-hydrogen) atoms. The number of carbonyl (C=O) groups excluding carboxylic acids is 1. The van der Waals surface area contributed by atoms with E-state index < -0.39 is 0 Å². The normalized spacial score (nSPS) is 12.4. The number of benzene rings is 2. The Morgan fingerprint density at radius 2 is 2.06 bits per heavy atom. The predicted molar refractivity (Wildman–Crippen MR) is 127 cm³/mol. The number of rotatable bonds is 5. The number of hydrogen-bond donors (Lipinski definition) is 1. The molecule has 5 rings (SSSR count). The lowest BCUT2D eigenvalue weighted by atomic mass is 10.0. The highest BCUT2D eigenvalue weighted by Crippen LogP contribution is 2.39. The number of carbonyl (C=O) groups is 1. The molecule has 2 aromatic carbocycles. The average Bonchev–Trinajstić information content (AvgIpc) is 3.39. The molecule has 0 bridgehead atoms. The first-order chi connectivity index (χ1) is 15.7. The zero-order valence-electron chi connectivity index (χ0n) is 17.6. The van der Waals surface area contributed by atoms with Crippen molar-refractivity contribution in [2.24, 2.45) is 0 Å². The number of hydrogen-bond acceptors (Lipinski definition) is 5. The highest BCUT2D eigenvalue weighted by molar-refractivity contribution is 7.16. The van der Waals surface area contributed by atoms with Gasteiger partial charge >= 0.3 is 0 Å². The number of amides is 1. The second kappa shape index (κ2) is 8.45. The molecule has 4 aromatic rings. The van der Waals surface area contributed by atoms with E-state index in [1.807, 2.05) is 61.5 Å². The van der Waals surface area contributed by atoms with Gasteiger partial charge in [-0.3, -0.25) is 4.79 Å². The molecule has 0 radical (unpaired) electrons. The summed E-state index contributed by atoms with van der Waals surface area (Å²) in [6, 6.07) is 19.4. The van der Waals surface area contributed by atoms with Crippen LogP contribution in [0, 0.1) is 11.3 Å². The molecule has 2 heterocycles. The van der Waals surface area contributed by atoms with Gasteiger partial charge in [0.05, 0.1) is 28.9 Å². The summed E-state index contributed by atoms with van der Waals surface area (Å²) in [4.78, 5) is 19.4. The molecule has 0 atom stereocenters. The molecule has 5 nitrogen and oxygen atoms in total. The summed E-state index contributed by atoms with van der Waals surface area (Å²) in [7, 11) is 0. The summed E-state index contributed by atoms with van der Waals surface area (Å²) in [5.41, 5.74) is 4.56. The SMILES string of the molecule is CCOc1cccc(-c2cc(C(=O)Nc3sc4c(c3C#N)CCC4)c3ccccc3n2)c1. The van der Waals surface area contributed by atoms with Crippen LogP contribution >= 0.6 is 11.3 Å². The third kappa shape index (κ3) is 3.61. The molecule has 0 unspecified atom stereocenters. The zero-order valence-corrected chi connectivity index (χ0v) is 18.5. The van der Waals surface area contributed by atoms with Gasteiger partial charge in [0.15, 0.2) is 0 Å². The topological polar surface area (TPSA) is 75.0 Å². The Morgan fingerprint density at radius 3 is 2.91 bits per heavy atom. The van der Waals surface area contributed by atoms with Crippen molar-refractivity contribution in [2.75, 3.05) is 11.9 Å². The van der Waals surface area contributed by atoms with E-state index in [0.717, 1.165) is 47.0 Å². The van der Waals surface area contributed by atoms with E-state index >= 15 is 0 Å². The molecular formula is C26H21N3O2S. The Labute approximate surface area is 190 Å². The van der Waals surface area contributed by atoms with Gasteiger partial charge in [0.25, 0.3) is 5.91 Å². The number of aromatic nitrogens is 1. The van der Waals surface area contributed by atoms with Crippen LogP contribution in [0.3, 0.4) is 0 Å². The fourth-order valence-electron chi connectivity index (χ4n) is 4.20. The molecule has 0 spiro atoms. The summed E-state index contributed by atoms with van der Waals surface area (Å²) in [5.74, 6) is 0.528. The van der Waals surface area contributed by atoms with Gasteiger partial charge in [0.2, 0.25) is 0 Å². The molecule has 0 aliphatic heterocycles. The minimum absolute atomic E-state index is 0.234. The van der Waals surface area contributed by atoms with Crippen LogP contribution < -0.4 is 10.1 Å². The molecular weight excluding hydrogens is 418 g/mol. The van der Waals surface area contributed by atoms with Crippen LogP contribution in [0.4, 0.5) is 5.00 Å². The van der Waals surface area contributed by atoms with Gasteiger partial charge in [-0.2, -0.15) is 5.26 Å². The van der Waals surface area contributed by atoms with Crippen molar-refractivity contribution < 1.29 is 9.53 Å². The van der Waals surface area contributed by atoms with Crippen LogP contribution in [0.2, 0.25) is 0 Å². The first-order valence-corrected chi connectivity index (χ1v) is 11.5.